The second-order valence-corrected chi connectivity index (χ2v) is 8.44. The summed E-state index contributed by atoms with van der Waals surface area (Å²) in [6.45, 7) is 12.8. The summed E-state index contributed by atoms with van der Waals surface area (Å²) >= 11 is 6.06. The van der Waals surface area contributed by atoms with Gasteiger partial charge in [-0.2, -0.15) is 0 Å². The predicted octanol–water partition coefficient (Wildman–Crippen LogP) is 6.07. The van der Waals surface area contributed by atoms with Crippen molar-refractivity contribution in [2.24, 2.45) is 5.92 Å². The van der Waals surface area contributed by atoms with E-state index in [9.17, 15) is 4.79 Å². The van der Waals surface area contributed by atoms with Crippen molar-refractivity contribution in [2.75, 3.05) is 24.2 Å². The molecular formula is C25H30ClNO4. The molecule has 2 aromatic rings. The summed E-state index contributed by atoms with van der Waals surface area (Å²) in [6.07, 6.45) is 1.71. The maximum absolute atomic E-state index is 13.1. The second-order valence-electron chi connectivity index (χ2n) is 8.18. The van der Waals surface area contributed by atoms with Crippen molar-refractivity contribution in [2.45, 2.75) is 39.7 Å². The zero-order chi connectivity index (χ0) is 22.5. The lowest BCUT2D eigenvalue weighted by Crippen LogP contribution is -2.38. The molecule has 0 bridgehead atoms. The minimum absolute atomic E-state index is 0.0890. The van der Waals surface area contributed by atoms with Crippen LogP contribution in [0.3, 0.4) is 0 Å². The first kappa shape index (κ1) is 23.0. The van der Waals surface area contributed by atoms with Crippen LogP contribution in [0.5, 0.6) is 17.2 Å². The van der Waals surface area contributed by atoms with Gasteiger partial charge in [0.2, 0.25) is 12.7 Å². The van der Waals surface area contributed by atoms with Crippen molar-refractivity contribution in [3.63, 3.8) is 0 Å². The fraction of sp³-hybridized carbons (Fsp3) is 0.400. The predicted molar refractivity (Wildman–Crippen MR) is 125 cm³/mol. The molecule has 6 heteroatoms. The summed E-state index contributed by atoms with van der Waals surface area (Å²) in [5.41, 5.74) is 2.83. The number of hydrogen-bond donors (Lipinski definition) is 0. The molecule has 1 atom stereocenters. The van der Waals surface area contributed by atoms with Crippen molar-refractivity contribution in [1.29, 1.82) is 0 Å². The van der Waals surface area contributed by atoms with Gasteiger partial charge in [0.1, 0.15) is 18.2 Å². The molecule has 31 heavy (non-hydrogen) atoms. The average molecular weight is 444 g/mol. The molecule has 1 aliphatic rings. The number of anilines is 1. The lowest BCUT2D eigenvalue weighted by Gasteiger charge is -2.36. The number of alkyl halides is 1. The molecule has 3 rings (SSSR count). The number of hydrogen-bond acceptors (Lipinski definition) is 4. The topological polar surface area (TPSA) is 48.0 Å². The van der Waals surface area contributed by atoms with Crippen LogP contribution in [0.25, 0.3) is 0 Å². The standard InChI is InChI=1S/C25H30ClNO4/c1-6-11-29-21-9-7-18(16(2)3)12-20(21)25(17(4)5)27(24(28)14-26)19-8-10-22-23(13-19)31-15-30-22/h6-10,12-13,16-17,25H,1,11,14-15H2,2-5H3. The maximum Gasteiger partial charge on any atom is 0.242 e. The smallest absolute Gasteiger partial charge is 0.242 e. The quantitative estimate of drug-likeness (QED) is 0.348. The Hall–Kier alpha value is -2.66. The van der Waals surface area contributed by atoms with Crippen LogP contribution in [0.2, 0.25) is 0 Å². The van der Waals surface area contributed by atoms with Crippen molar-refractivity contribution in [1.82, 2.24) is 0 Å². The van der Waals surface area contributed by atoms with E-state index in [0.29, 0.717) is 29.7 Å². The molecule has 1 unspecified atom stereocenters. The third kappa shape index (κ3) is 4.99. The van der Waals surface area contributed by atoms with Crippen LogP contribution in [0, 0.1) is 5.92 Å². The summed E-state index contributed by atoms with van der Waals surface area (Å²) in [5, 5.41) is 0. The molecule has 1 amide bonds. The van der Waals surface area contributed by atoms with Gasteiger partial charge in [-0.25, -0.2) is 0 Å². The first-order chi connectivity index (χ1) is 14.9. The van der Waals surface area contributed by atoms with E-state index in [2.05, 4.69) is 46.4 Å². The minimum Gasteiger partial charge on any atom is -0.489 e. The third-order valence-corrected chi connectivity index (χ3v) is 5.53. The van der Waals surface area contributed by atoms with Gasteiger partial charge in [-0.1, -0.05) is 46.4 Å². The normalized spacial score (nSPS) is 13.4. The van der Waals surface area contributed by atoms with E-state index >= 15 is 0 Å². The molecule has 5 nitrogen and oxygen atoms in total. The lowest BCUT2D eigenvalue weighted by molar-refractivity contribution is -0.117. The second kappa shape index (κ2) is 10.1. The molecule has 0 aromatic heterocycles. The lowest BCUT2D eigenvalue weighted by atomic mass is 9.89. The Kier molecular flexibility index (Phi) is 7.50. The van der Waals surface area contributed by atoms with E-state index in [0.717, 1.165) is 11.3 Å². The van der Waals surface area contributed by atoms with Crippen LogP contribution >= 0.6 is 11.6 Å². The molecule has 0 saturated carbocycles. The van der Waals surface area contributed by atoms with Gasteiger partial charge in [-0.05, 0) is 41.7 Å². The van der Waals surface area contributed by atoms with E-state index in [1.54, 1.807) is 11.0 Å². The van der Waals surface area contributed by atoms with Crippen LogP contribution in [0.15, 0.2) is 49.1 Å². The Morgan fingerprint density at radius 2 is 1.90 bits per heavy atom. The highest BCUT2D eigenvalue weighted by atomic mass is 35.5. The van der Waals surface area contributed by atoms with Crippen molar-refractivity contribution < 1.29 is 19.0 Å². The van der Waals surface area contributed by atoms with E-state index in [1.165, 1.54) is 5.56 Å². The van der Waals surface area contributed by atoms with Gasteiger partial charge in [0.05, 0.1) is 6.04 Å². The van der Waals surface area contributed by atoms with E-state index < -0.39 is 0 Å². The van der Waals surface area contributed by atoms with Crippen molar-refractivity contribution in [3.05, 3.63) is 60.2 Å². The number of nitrogens with zero attached hydrogens (tertiary/aromatic N) is 1. The zero-order valence-corrected chi connectivity index (χ0v) is 19.3. The van der Waals surface area contributed by atoms with Gasteiger partial charge in [0, 0.05) is 17.3 Å². The van der Waals surface area contributed by atoms with E-state index in [1.807, 2.05) is 24.3 Å². The molecule has 166 valence electrons. The van der Waals surface area contributed by atoms with Gasteiger partial charge in [-0.3, -0.25) is 4.79 Å². The average Bonchev–Trinajstić information content (AvgIpc) is 3.23. The molecule has 1 aliphatic heterocycles. The SMILES string of the molecule is C=CCOc1ccc(C(C)C)cc1C(C(C)C)N(C(=O)CCl)c1ccc2c(c1)OCO2. The molecule has 0 fully saturated rings. The Balaban J connectivity index is 2.16. The highest BCUT2D eigenvalue weighted by Crippen LogP contribution is 2.42. The van der Waals surface area contributed by atoms with Gasteiger partial charge in [0.25, 0.3) is 0 Å². The van der Waals surface area contributed by atoms with E-state index in [4.69, 9.17) is 25.8 Å². The Labute approximate surface area is 189 Å². The van der Waals surface area contributed by atoms with Crippen LogP contribution < -0.4 is 19.1 Å². The summed E-state index contributed by atoms with van der Waals surface area (Å²) in [4.78, 5) is 14.9. The monoisotopic (exact) mass is 443 g/mol. The highest BCUT2D eigenvalue weighted by Gasteiger charge is 2.32. The summed E-state index contributed by atoms with van der Waals surface area (Å²) in [7, 11) is 0. The number of halogens is 1. The largest absolute Gasteiger partial charge is 0.489 e. The zero-order valence-electron chi connectivity index (χ0n) is 18.6. The number of rotatable bonds is 9. The van der Waals surface area contributed by atoms with Gasteiger partial charge >= 0.3 is 0 Å². The first-order valence-corrected chi connectivity index (χ1v) is 11.1. The molecule has 0 N–H and O–H groups in total. The first-order valence-electron chi connectivity index (χ1n) is 10.5. The summed E-state index contributed by atoms with van der Waals surface area (Å²) in [5.74, 6) is 2.12. The summed E-state index contributed by atoms with van der Waals surface area (Å²) < 4.78 is 17.0. The Bertz CT molecular complexity index is 941. The fourth-order valence-electron chi connectivity index (χ4n) is 3.79. The molecule has 0 radical (unpaired) electrons. The minimum atomic E-state index is -0.287. The van der Waals surface area contributed by atoms with Gasteiger partial charge in [-0.15, -0.1) is 11.6 Å². The molecule has 0 aliphatic carbocycles. The maximum atomic E-state index is 13.1. The van der Waals surface area contributed by atoms with Crippen LogP contribution in [-0.4, -0.2) is 25.2 Å². The number of benzene rings is 2. The third-order valence-electron chi connectivity index (χ3n) is 5.30. The van der Waals surface area contributed by atoms with Gasteiger partial charge in [0.15, 0.2) is 11.5 Å². The fourth-order valence-corrected chi connectivity index (χ4v) is 3.92. The summed E-state index contributed by atoms with van der Waals surface area (Å²) in [6, 6.07) is 11.4. The number of carbonyl (C=O) groups is 1. The van der Waals surface area contributed by atoms with Crippen LogP contribution in [0.1, 0.15) is 50.8 Å². The molecular weight excluding hydrogens is 414 g/mol. The highest BCUT2D eigenvalue weighted by molar-refractivity contribution is 6.29. The molecule has 1 heterocycles. The van der Waals surface area contributed by atoms with E-state index in [-0.39, 0.29) is 30.5 Å². The van der Waals surface area contributed by atoms with Crippen molar-refractivity contribution >= 4 is 23.2 Å². The van der Waals surface area contributed by atoms with Gasteiger partial charge < -0.3 is 19.1 Å². The molecule has 0 spiro atoms. The molecule has 2 aromatic carbocycles. The number of amides is 1. The molecule has 0 saturated heterocycles. The number of carbonyl (C=O) groups excluding carboxylic acids is 1. The number of ether oxygens (including phenoxy) is 3. The van der Waals surface area contributed by atoms with Crippen LogP contribution in [0.4, 0.5) is 5.69 Å². The Morgan fingerprint density at radius 3 is 2.55 bits per heavy atom. The Morgan fingerprint density at radius 1 is 1.16 bits per heavy atom. The number of fused-ring (bicyclic) bond motifs is 1. The van der Waals surface area contributed by atoms with Crippen LogP contribution in [-0.2, 0) is 4.79 Å². The van der Waals surface area contributed by atoms with Crippen molar-refractivity contribution in [3.8, 4) is 17.2 Å².